The number of aliphatic hydroxyl groups excluding tert-OH is 1. The van der Waals surface area contributed by atoms with Crippen LogP contribution in [0.4, 0.5) is 0 Å². The van der Waals surface area contributed by atoms with E-state index in [0.29, 0.717) is 30.8 Å². The molecule has 0 saturated carbocycles. The molecular formula is C26H28N2O6. The van der Waals surface area contributed by atoms with Crippen LogP contribution < -0.4 is 9.47 Å². The third-order valence-corrected chi connectivity index (χ3v) is 6.38. The zero-order valence-corrected chi connectivity index (χ0v) is 19.4. The normalized spacial score (nSPS) is 18.6. The lowest BCUT2D eigenvalue weighted by Crippen LogP contribution is -2.40. The maximum absolute atomic E-state index is 13.3. The second kappa shape index (κ2) is 9.79. The van der Waals surface area contributed by atoms with Crippen molar-refractivity contribution >= 4 is 22.3 Å². The number of pyridine rings is 1. The van der Waals surface area contributed by atoms with Crippen LogP contribution in [0.2, 0.25) is 0 Å². The van der Waals surface area contributed by atoms with Gasteiger partial charge in [0.25, 0.3) is 0 Å². The number of piperidine rings is 1. The van der Waals surface area contributed by atoms with Crippen LogP contribution in [-0.2, 0) is 0 Å². The first-order valence-corrected chi connectivity index (χ1v) is 11.1. The van der Waals surface area contributed by atoms with Crippen LogP contribution in [0.3, 0.4) is 0 Å². The minimum Gasteiger partial charge on any atom is -0.507 e. The molecule has 0 bridgehead atoms. The molecule has 1 saturated heterocycles. The van der Waals surface area contributed by atoms with Crippen molar-refractivity contribution in [2.24, 2.45) is 0 Å². The molecule has 2 aromatic carbocycles. The van der Waals surface area contributed by atoms with E-state index in [9.17, 15) is 19.8 Å². The van der Waals surface area contributed by atoms with Gasteiger partial charge in [0.1, 0.15) is 28.5 Å². The molecule has 1 aliphatic heterocycles. The molecule has 2 atom stereocenters. The molecule has 2 heterocycles. The van der Waals surface area contributed by atoms with Gasteiger partial charge in [0.15, 0.2) is 11.6 Å². The average Bonchev–Trinajstić information content (AvgIpc) is 2.83. The Hall–Kier alpha value is -3.49. The van der Waals surface area contributed by atoms with Gasteiger partial charge in [-0.2, -0.15) is 0 Å². The summed E-state index contributed by atoms with van der Waals surface area (Å²) in [5.74, 6) is -1.39. The number of β-amino-alcohol motifs (C(OH)–C–C–N with tert-alkyl or cyclic N) is 1. The van der Waals surface area contributed by atoms with Gasteiger partial charge in [-0.25, -0.2) is 0 Å². The summed E-state index contributed by atoms with van der Waals surface area (Å²) in [4.78, 5) is 32.4. The number of nitrogens with zero attached hydrogens (tertiary/aromatic N) is 2. The van der Waals surface area contributed by atoms with E-state index in [0.717, 1.165) is 10.8 Å². The zero-order chi connectivity index (χ0) is 24.4. The second-order valence-corrected chi connectivity index (χ2v) is 8.58. The topological polar surface area (TPSA) is 109 Å². The van der Waals surface area contributed by atoms with Gasteiger partial charge in [0, 0.05) is 35.7 Å². The molecule has 0 unspecified atom stereocenters. The van der Waals surface area contributed by atoms with Crippen LogP contribution in [-0.4, -0.2) is 72.1 Å². The summed E-state index contributed by atoms with van der Waals surface area (Å²) in [6.45, 7) is 1.14. The number of methoxy groups -OCH3 is 2. The van der Waals surface area contributed by atoms with Crippen LogP contribution in [0, 0.1) is 0 Å². The van der Waals surface area contributed by atoms with Gasteiger partial charge >= 0.3 is 0 Å². The van der Waals surface area contributed by atoms with E-state index in [1.165, 1.54) is 20.3 Å². The summed E-state index contributed by atoms with van der Waals surface area (Å²) < 4.78 is 10.8. The van der Waals surface area contributed by atoms with Crippen LogP contribution in [0.5, 0.6) is 17.2 Å². The van der Waals surface area contributed by atoms with Crippen LogP contribution >= 0.6 is 0 Å². The largest absolute Gasteiger partial charge is 0.507 e. The molecule has 4 rings (SSSR count). The number of likely N-dealkylation sites (tertiary alicyclic amines) is 1. The fourth-order valence-electron chi connectivity index (χ4n) is 4.58. The van der Waals surface area contributed by atoms with Crippen molar-refractivity contribution < 1.29 is 29.3 Å². The Labute approximate surface area is 197 Å². The highest BCUT2D eigenvalue weighted by atomic mass is 16.5. The van der Waals surface area contributed by atoms with Gasteiger partial charge in [-0.1, -0.05) is 24.3 Å². The summed E-state index contributed by atoms with van der Waals surface area (Å²) in [6.07, 6.45) is 0.926. The smallest absolute Gasteiger partial charge is 0.188 e. The van der Waals surface area contributed by atoms with E-state index >= 15 is 0 Å². The van der Waals surface area contributed by atoms with Crippen LogP contribution in [0.25, 0.3) is 10.8 Å². The van der Waals surface area contributed by atoms with E-state index in [-0.39, 0.29) is 22.8 Å². The van der Waals surface area contributed by atoms with Crippen LogP contribution in [0.1, 0.15) is 45.2 Å². The zero-order valence-electron chi connectivity index (χ0n) is 19.4. The van der Waals surface area contributed by atoms with Gasteiger partial charge in [0.2, 0.25) is 0 Å². The third kappa shape index (κ3) is 4.47. The highest BCUT2D eigenvalue weighted by Gasteiger charge is 2.35. The number of rotatable bonds is 7. The van der Waals surface area contributed by atoms with Crippen molar-refractivity contribution in [2.45, 2.75) is 24.9 Å². The predicted molar refractivity (Wildman–Crippen MR) is 127 cm³/mol. The number of phenols is 1. The Morgan fingerprint density at radius 1 is 1.09 bits per heavy atom. The summed E-state index contributed by atoms with van der Waals surface area (Å²) in [5.41, 5.74) is 0.423. The molecule has 1 fully saturated rings. The number of hydrogen-bond acceptors (Lipinski definition) is 8. The number of hydrogen-bond donors (Lipinski definition) is 2. The first-order valence-electron chi connectivity index (χ1n) is 11.1. The lowest BCUT2D eigenvalue weighted by Gasteiger charge is -2.35. The predicted octanol–water partition coefficient (Wildman–Crippen LogP) is 3.19. The fourth-order valence-corrected chi connectivity index (χ4v) is 4.58. The molecule has 2 N–H and O–H groups in total. The summed E-state index contributed by atoms with van der Waals surface area (Å²) in [5, 5.41) is 23.6. The molecule has 8 heteroatoms. The van der Waals surface area contributed by atoms with Gasteiger partial charge in [-0.15, -0.1) is 0 Å². The Bertz CT molecular complexity index is 1240. The van der Waals surface area contributed by atoms with Crippen molar-refractivity contribution in [3.8, 4) is 17.2 Å². The first-order chi connectivity index (χ1) is 16.3. The van der Waals surface area contributed by atoms with Crippen molar-refractivity contribution in [2.75, 3.05) is 34.4 Å². The molecule has 34 heavy (non-hydrogen) atoms. The second-order valence-electron chi connectivity index (χ2n) is 8.58. The van der Waals surface area contributed by atoms with Gasteiger partial charge < -0.3 is 24.6 Å². The van der Waals surface area contributed by atoms with Gasteiger partial charge in [-0.05, 0) is 31.5 Å². The number of aromatic hydroxyl groups is 1. The highest BCUT2D eigenvalue weighted by Crippen LogP contribution is 2.46. The minimum absolute atomic E-state index is 0.0985. The Morgan fingerprint density at radius 3 is 2.47 bits per heavy atom. The van der Waals surface area contributed by atoms with E-state index in [4.69, 9.17) is 9.47 Å². The maximum atomic E-state index is 13.3. The summed E-state index contributed by atoms with van der Waals surface area (Å²) in [6, 6.07) is 10.7. The molecule has 0 amide bonds. The monoisotopic (exact) mass is 464 g/mol. The number of aliphatic hydroxyl groups is 1. The van der Waals surface area contributed by atoms with Crippen molar-refractivity contribution in [3.05, 3.63) is 59.4 Å². The minimum atomic E-state index is -0.752. The standard InChI is InChI=1S/C26H28N2O6/c1-28-9-8-17(21(31)14-28)24-22(33-2)12-23(34-3)25(26(24)32)20(30)11-19(29)18-10-15-6-4-5-7-16(15)13-27-18/h4-7,10,12-13,17,21,31-32H,8-9,11,14H2,1-3H3/t17-,21+/m0/s1. The number of likely N-dealkylation sites (N-methyl/N-ethyl adjacent to an activating group) is 1. The molecule has 178 valence electrons. The number of aromatic nitrogens is 1. The molecule has 3 aromatic rings. The van der Waals surface area contributed by atoms with Crippen molar-refractivity contribution in [1.82, 2.24) is 9.88 Å². The SMILES string of the molecule is COc1cc(OC)c([C@H]2CCN(C)C[C@H]2O)c(O)c1C(=O)CC(=O)c1cc2ccccc2cn1. The number of Topliss-reactive ketones (excluding diaryl/α,β-unsaturated/α-hetero) is 2. The number of fused-ring (bicyclic) bond motifs is 1. The molecular weight excluding hydrogens is 436 g/mol. The average molecular weight is 465 g/mol. The van der Waals surface area contributed by atoms with Crippen molar-refractivity contribution in [3.63, 3.8) is 0 Å². The van der Waals surface area contributed by atoms with Gasteiger partial charge in [-0.3, -0.25) is 14.6 Å². The molecule has 8 nitrogen and oxygen atoms in total. The molecule has 0 aliphatic carbocycles. The molecule has 0 spiro atoms. The first kappa shape index (κ1) is 23.7. The van der Waals surface area contributed by atoms with Crippen molar-refractivity contribution in [1.29, 1.82) is 0 Å². The quantitative estimate of drug-likeness (QED) is 0.405. The number of carbonyl (C=O) groups is 2. The maximum Gasteiger partial charge on any atom is 0.188 e. The Kier molecular flexibility index (Phi) is 6.81. The fraction of sp³-hybridized carbons (Fsp3) is 0.346. The Morgan fingerprint density at radius 2 is 1.79 bits per heavy atom. The van der Waals surface area contributed by atoms with E-state index < -0.39 is 30.0 Å². The van der Waals surface area contributed by atoms with E-state index in [1.54, 1.807) is 12.3 Å². The number of benzene rings is 2. The lowest BCUT2D eigenvalue weighted by atomic mass is 9.84. The molecule has 1 aromatic heterocycles. The van der Waals surface area contributed by atoms with Crippen LogP contribution in [0.15, 0.2) is 42.6 Å². The number of phenolic OH excluding ortho intramolecular Hbond substituents is 1. The Balaban J connectivity index is 1.69. The summed E-state index contributed by atoms with van der Waals surface area (Å²) >= 11 is 0. The lowest BCUT2D eigenvalue weighted by molar-refractivity contribution is 0.0618. The third-order valence-electron chi connectivity index (χ3n) is 6.38. The van der Waals surface area contributed by atoms with E-state index in [2.05, 4.69) is 4.98 Å². The van der Waals surface area contributed by atoms with Gasteiger partial charge in [0.05, 0.1) is 26.7 Å². The summed E-state index contributed by atoms with van der Waals surface area (Å²) in [7, 11) is 4.74. The number of carbonyl (C=O) groups excluding carboxylic acids is 2. The highest BCUT2D eigenvalue weighted by molar-refractivity contribution is 6.15. The number of ketones is 2. The molecule has 0 radical (unpaired) electrons. The number of ether oxygens (including phenoxy) is 2. The van der Waals surface area contributed by atoms with E-state index in [1.807, 2.05) is 36.2 Å². The molecule has 1 aliphatic rings.